The van der Waals surface area contributed by atoms with Gasteiger partial charge in [0, 0.05) is 29.2 Å². The average molecular weight is 275 g/mol. The van der Waals surface area contributed by atoms with Crippen molar-refractivity contribution >= 4 is 23.2 Å². The maximum absolute atomic E-state index is 6.09. The molecule has 0 fully saturated rings. The third-order valence-electron chi connectivity index (χ3n) is 2.53. The van der Waals surface area contributed by atoms with E-state index < -0.39 is 0 Å². The van der Waals surface area contributed by atoms with Gasteiger partial charge in [0.15, 0.2) is 0 Å². The number of hydrogen-bond acceptors (Lipinski definition) is 2. The fourth-order valence-electron chi connectivity index (χ4n) is 1.53. The summed E-state index contributed by atoms with van der Waals surface area (Å²) >= 11 is 12.0. The summed E-state index contributed by atoms with van der Waals surface area (Å²) in [4.78, 5) is 0. The highest BCUT2D eigenvalue weighted by Gasteiger charge is 2.04. The van der Waals surface area contributed by atoms with Gasteiger partial charge < -0.3 is 10.6 Å². The summed E-state index contributed by atoms with van der Waals surface area (Å²) in [7, 11) is 0. The molecule has 0 amide bonds. The Hall–Kier alpha value is -0.280. The molecule has 4 heteroatoms. The lowest BCUT2D eigenvalue weighted by atomic mass is 10.2. The highest BCUT2D eigenvalue weighted by Crippen LogP contribution is 2.20. The van der Waals surface area contributed by atoms with Gasteiger partial charge in [-0.05, 0) is 43.7 Å². The molecule has 0 aromatic heterocycles. The lowest BCUT2D eigenvalue weighted by molar-refractivity contribution is 0.501. The van der Waals surface area contributed by atoms with Crippen molar-refractivity contribution < 1.29 is 0 Å². The van der Waals surface area contributed by atoms with Gasteiger partial charge in [-0.15, -0.1) is 0 Å². The molecule has 1 rings (SSSR count). The van der Waals surface area contributed by atoms with Crippen LogP contribution >= 0.6 is 23.2 Å². The Kier molecular flexibility index (Phi) is 6.90. The van der Waals surface area contributed by atoms with E-state index in [2.05, 4.69) is 24.5 Å². The normalized spacial score (nSPS) is 12.7. The second-order valence-corrected chi connectivity index (χ2v) is 5.07. The number of hydrogen-bond donors (Lipinski definition) is 2. The number of nitrogens with one attached hydrogen (secondary N) is 2. The topological polar surface area (TPSA) is 24.1 Å². The lowest BCUT2D eigenvalue weighted by Crippen LogP contribution is -2.36. The van der Waals surface area contributed by atoms with Crippen LogP contribution in [0.25, 0.3) is 0 Å². The number of halogens is 2. The Bertz CT molecular complexity index is 342. The van der Waals surface area contributed by atoms with E-state index in [1.165, 1.54) is 0 Å². The van der Waals surface area contributed by atoms with Crippen LogP contribution in [-0.2, 0) is 6.54 Å². The Morgan fingerprint density at radius 2 is 2.06 bits per heavy atom. The number of benzene rings is 1. The van der Waals surface area contributed by atoms with Gasteiger partial charge in [-0.1, -0.05) is 30.1 Å². The summed E-state index contributed by atoms with van der Waals surface area (Å²) in [5.74, 6) is 0. The van der Waals surface area contributed by atoms with Gasteiger partial charge in [0.1, 0.15) is 0 Å². The molecule has 2 nitrogen and oxygen atoms in total. The monoisotopic (exact) mass is 274 g/mol. The minimum Gasteiger partial charge on any atom is -0.315 e. The van der Waals surface area contributed by atoms with Crippen molar-refractivity contribution in [1.29, 1.82) is 0 Å². The first kappa shape index (κ1) is 14.8. The zero-order chi connectivity index (χ0) is 12.7. The maximum atomic E-state index is 6.09. The molecule has 17 heavy (non-hydrogen) atoms. The molecular weight excluding hydrogens is 255 g/mol. The summed E-state index contributed by atoms with van der Waals surface area (Å²) in [5.41, 5.74) is 1.04. The Morgan fingerprint density at radius 3 is 2.76 bits per heavy atom. The fraction of sp³-hybridized carbons (Fsp3) is 0.538. The molecule has 0 aliphatic rings. The van der Waals surface area contributed by atoms with E-state index in [-0.39, 0.29) is 0 Å². The molecule has 0 heterocycles. The van der Waals surface area contributed by atoms with Crippen LogP contribution in [0.1, 0.15) is 25.8 Å². The maximum Gasteiger partial charge on any atom is 0.0451 e. The van der Waals surface area contributed by atoms with E-state index in [4.69, 9.17) is 23.2 Å². The molecule has 1 atom stereocenters. The zero-order valence-electron chi connectivity index (χ0n) is 10.4. The summed E-state index contributed by atoms with van der Waals surface area (Å²) in [6.45, 7) is 7.09. The van der Waals surface area contributed by atoms with Crippen LogP contribution in [-0.4, -0.2) is 19.1 Å². The van der Waals surface area contributed by atoms with Gasteiger partial charge in [-0.25, -0.2) is 0 Å². The van der Waals surface area contributed by atoms with Gasteiger partial charge in [-0.2, -0.15) is 0 Å². The van der Waals surface area contributed by atoms with E-state index in [0.717, 1.165) is 41.7 Å². The van der Waals surface area contributed by atoms with Gasteiger partial charge >= 0.3 is 0 Å². The average Bonchev–Trinajstić information content (AvgIpc) is 2.31. The first-order chi connectivity index (χ1) is 8.13. The molecule has 1 aromatic rings. The standard InChI is InChI=1S/C13H20Cl2N2/c1-3-6-16-8-10(2)17-9-11-7-12(14)4-5-13(11)15/h4-5,7,10,16-17H,3,6,8-9H2,1-2H3. The molecule has 0 aliphatic heterocycles. The first-order valence-corrected chi connectivity index (χ1v) is 6.77. The molecule has 2 N–H and O–H groups in total. The quantitative estimate of drug-likeness (QED) is 0.744. The van der Waals surface area contributed by atoms with Crippen molar-refractivity contribution in [2.75, 3.05) is 13.1 Å². The highest BCUT2D eigenvalue weighted by molar-refractivity contribution is 6.33. The minimum atomic E-state index is 0.414. The Balaban J connectivity index is 2.36. The van der Waals surface area contributed by atoms with Gasteiger partial charge in [0.2, 0.25) is 0 Å². The molecule has 1 aromatic carbocycles. The molecule has 0 saturated heterocycles. The van der Waals surface area contributed by atoms with E-state index in [1.807, 2.05) is 12.1 Å². The number of rotatable bonds is 7. The highest BCUT2D eigenvalue weighted by atomic mass is 35.5. The van der Waals surface area contributed by atoms with E-state index in [1.54, 1.807) is 6.07 Å². The van der Waals surface area contributed by atoms with Crippen LogP contribution in [0, 0.1) is 0 Å². The molecular formula is C13H20Cl2N2. The van der Waals surface area contributed by atoms with Crippen LogP contribution < -0.4 is 10.6 Å². The zero-order valence-corrected chi connectivity index (χ0v) is 11.9. The van der Waals surface area contributed by atoms with Crippen molar-refractivity contribution in [1.82, 2.24) is 10.6 Å². The fourth-order valence-corrected chi connectivity index (χ4v) is 1.91. The van der Waals surface area contributed by atoms with Crippen LogP contribution in [0.2, 0.25) is 10.0 Å². The molecule has 96 valence electrons. The summed E-state index contributed by atoms with van der Waals surface area (Å²) in [5, 5.41) is 8.28. The summed E-state index contributed by atoms with van der Waals surface area (Å²) in [6.07, 6.45) is 1.16. The van der Waals surface area contributed by atoms with Crippen molar-refractivity contribution in [2.24, 2.45) is 0 Å². The van der Waals surface area contributed by atoms with Crippen molar-refractivity contribution in [3.8, 4) is 0 Å². The van der Waals surface area contributed by atoms with Gasteiger partial charge in [-0.3, -0.25) is 0 Å². The first-order valence-electron chi connectivity index (χ1n) is 6.01. The van der Waals surface area contributed by atoms with Gasteiger partial charge in [0.05, 0.1) is 0 Å². The van der Waals surface area contributed by atoms with Gasteiger partial charge in [0.25, 0.3) is 0 Å². The molecule has 0 bridgehead atoms. The molecule has 0 radical (unpaired) electrons. The smallest absolute Gasteiger partial charge is 0.0451 e. The van der Waals surface area contributed by atoms with Crippen LogP contribution in [0.4, 0.5) is 0 Å². The van der Waals surface area contributed by atoms with Crippen molar-refractivity contribution in [3.05, 3.63) is 33.8 Å². The Morgan fingerprint density at radius 1 is 1.29 bits per heavy atom. The SMILES string of the molecule is CCCNCC(C)NCc1cc(Cl)ccc1Cl. The van der Waals surface area contributed by atoms with Crippen LogP contribution in [0.15, 0.2) is 18.2 Å². The summed E-state index contributed by atoms with van der Waals surface area (Å²) < 4.78 is 0. The second-order valence-electron chi connectivity index (χ2n) is 4.22. The van der Waals surface area contributed by atoms with E-state index >= 15 is 0 Å². The lowest BCUT2D eigenvalue weighted by Gasteiger charge is -2.15. The predicted molar refractivity (Wildman–Crippen MR) is 75.9 cm³/mol. The van der Waals surface area contributed by atoms with E-state index in [9.17, 15) is 0 Å². The molecule has 0 saturated carbocycles. The third kappa shape index (κ3) is 5.73. The van der Waals surface area contributed by atoms with Crippen molar-refractivity contribution in [3.63, 3.8) is 0 Å². The second kappa shape index (κ2) is 7.93. The minimum absolute atomic E-state index is 0.414. The largest absolute Gasteiger partial charge is 0.315 e. The third-order valence-corrected chi connectivity index (χ3v) is 3.13. The van der Waals surface area contributed by atoms with E-state index in [0.29, 0.717) is 6.04 Å². The van der Waals surface area contributed by atoms with Crippen molar-refractivity contribution in [2.45, 2.75) is 32.9 Å². The van der Waals surface area contributed by atoms with Crippen LogP contribution in [0.5, 0.6) is 0 Å². The Labute approximate surface area is 114 Å². The predicted octanol–water partition coefficient (Wildman–Crippen LogP) is 3.47. The van der Waals surface area contributed by atoms with Crippen LogP contribution in [0.3, 0.4) is 0 Å². The molecule has 0 aliphatic carbocycles. The molecule has 1 unspecified atom stereocenters. The summed E-state index contributed by atoms with van der Waals surface area (Å²) in [6, 6.07) is 5.96. The molecule has 0 spiro atoms.